The van der Waals surface area contributed by atoms with Crippen molar-refractivity contribution in [3.63, 3.8) is 0 Å². The summed E-state index contributed by atoms with van der Waals surface area (Å²) in [6.45, 7) is 0.173. The third kappa shape index (κ3) is 3.88. The summed E-state index contributed by atoms with van der Waals surface area (Å²) in [5.74, 6) is 0.342. The highest BCUT2D eigenvalue weighted by Crippen LogP contribution is 2.37. The van der Waals surface area contributed by atoms with Gasteiger partial charge in [-0.05, 0) is 18.2 Å². The third-order valence-corrected chi connectivity index (χ3v) is 5.53. The Morgan fingerprint density at radius 3 is 2.82 bits per heavy atom. The second-order valence-corrected chi connectivity index (χ2v) is 7.76. The largest absolute Gasteiger partial charge is 0.439 e. The lowest BCUT2D eigenvalue weighted by Gasteiger charge is -2.26. The number of hydrogen-bond acceptors (Lipinski definition) is 7. The number of H-pyrrole nitrogens is 1. The molecule has 0 bridgehead atoms. The number of nitrogens with one attached hydrogen (secondary N) is 3. The number of aromatic amines is 1. The van der Waals surface area contributed by atoms with Crippen LogP contribution in [0.15, 0.2) is 55.0 Å². The monoisotopic (exact) mass is 463 g/mol. The topological polar surface area (TPSA) is 118 Å². The molecule has 1 amide bonds. The number of anilines is 2. The van der Waals surface area contributed by atoms with E-state index in [0.717, 1.165) is 0 Å². The molecular formula is C23H18ClN5O4. The second-order valence-electron chi connectivity index (χ2n) is 7.36. The van der Waals surface area contributed by atoms with E-state index in [1.165, 1.54) is 13.3 Å². The molecule has 0 aliphatic carbocycles. The molecule has 0 radical (unpaired) electrons. The van der Waals surface area contributed by atoms with Gasteiger partial charge in [0.15, 0.2) is 5.78 Å². The molecule has 166 valence electrons. The fourth-order valence-corrected chi connectivity index (χ4v) is 3.94. The molecule has 33 heavy (non-hydrogen) atoms. The molecule has 4 heterocycles. The number of carbonyl (C=O) groups is 2. The van der Waals surface area contributed by atoms with Gasteiger partial charge in [0.2, 0.25) is 11.8 Å². The van der Waals surface area contributed by atoms with Gasteiger partial charge in [-0.2, -0.15) is 0 Å². The van der Waals surface area contributed by atoms with E-state index in [4.69, 9.17) is 21.1 Å². The van der Waals surface area contributed by atoms with Crippen LogP contribution in [-0.4, -0.2) is 46.4 Å². The van der Waals surface area contributed by atoms with Crippen LogP contribution in [0.2, 0.25) is 5.02 Å². The predicted octanol–water partition coefficient (Wildman–Crippen LogP) is 4.01. The van der Waals surface area contributed by atoms with Gasteiger partial charge in [-0.25, -0.2) is 9.97 Å². The standard InChI is InChI=1S/C23H18ClN5O4/c1-32-11-17-23(31)29-16-10-27-22-19(20(16)28-17)14(9-26-22)21(30)13-6-5-12(8-15(13)24)33-18-4-2-3-7-25-18/h2-10,17,28H,11H2,1H3,(H,26,27)(H,29,31)/t17-/m0/s1. The zero-order valence-electron chi connectivity index (χ0n) is 17.4. The Morgan fingerprint density at radius 1 is 1.18 bits per heavy atom. The van der Waals surface area contributed by atoms with Gasteiger partial charge in [-0.3, -0.25) is 9.59 Å². The summed E-state index contributed by atoms with van der Waals surface area (Å²) in [7, 11) is 1.51. The zero-order chi connectivity index (χ0) is 22.9. The highest BCUT2D eigenvalue weighted by Gasteiger charge is 2.30. The summed E-state index contributed by atoms with van der Waals surface area (Å²) in [5, 5.41) is 6.77. The molecule has 0 unspecified atom stereocenters. The van der Waals surface area contributed by atoms with Crippen LogP contribution in [0.25, 0.3) is 11.0 Å². The SMILES string of the molecule is COC[C@@H]1Nc2c(cnc3[nH]cc(C(=O)c4ccc(Oc5ccccn5)cc4Cl)c23)NC1=O. The van der Waals surface area contributed by atoms with Crippen LogP contribution in [0.4, 0.5) is 11.4 Å². The molecule has 3 aromatic heterocycles. The van der Waals surface area contributed by atoms with E-state index in [1.54, 1.807) is 48.8 Å². The van der Waals surface area contributed by atoms with Crippen LogP contribution in [0.5, 0.6) is 11.6 Å². The molecule has 3 N–H and O–H groups in total. The number of ketones is 1. The number of hydrogen-bond donors (Lipinski definition) is 3. The van der Waals surface area contributed by atoms with Crippen molar-refractivity contribution < 1.29 is 19.1 Å². The third-order valence-electron chi connectivity index (χ3n) is 5.22. The first-order valence-corrected chi connectivity index (χ1v) is 10.4. The number of benzene rings is 1. The number of nitrogens with zero attached hydrogens (tertiary/aromatic N) is 2. The lowest BCUT2D eigenvalue weighted by atomic mass is 10.0. The highest BCUT2D eigenvalue weighted by molar-refractivity contribution is 6.36. The molecule has 1 aromatic carbocycles. The molecule has 1 aliphatic rings. The number of rotatable bonds is 6. The second kappa shape index (κ2) is 8.53. The maximum Gasteiger partial charge on any atom is 0.249 e. The quantitative estimate of drug-likeness (QED) is 0.369. The minimum absolute atomic E-state index is 0.173. The number of carbonyl (C=O) groups excluding carboxylic acids is 2. The van der Waals surface area contributed by atoms with Gasteiger partial charge in [0.25, 0.3) is 0 Å². The van der Waals surface area contributed by atoms with Crippen molar-refractivity contribution in [3.05, 3.63) is 71.1 Å². The van der Waals surface area contributed by atoms with Gasteiger partial charge in [0, 0.05) is 37.2 Å². The van der Waals surface area contributed by atoms with Gasteiger partial charge >= 0.3 is 0 Å². The van der Waals surface area contributed by atoms with Crippen LogP contribution in [0, 0.1) is 0 Å². The minimum atomic E-state index is -0.599. The maximum atomic E-state index is 13.4. The van der Waals surface area contributed by atoms with Crippen molar-refractivity contribution in [2.24, 2.45) is 0 Å². The van der Waals surface area contributed by atoms with Crippen molar-refractivity contribution in [2.45, 2.75) is 6.04 Å². The molecule has 5 rings (SSSR count). The normalized spacial score (nSPS) is 15.0. The Bertz CT molecular complexity index is 1370. The van der Waals surface area contributed by atoms with Crippen LogP contribution in [0.1, 0.15) is 15.9 Å². The fraction of sp³-hybridized carbons (Fsp3) is 0.130. The summed E-state index contributed by atoms with van der Waals surface area (Å²) in [4.78, 5) is 37.2. The Hall–Kier alpha value is -3.95. The fourth-order valence-electron chi connectivity index (χ4n) is 3.68. The predicted molar refractivity (Wildman–Crippen MR) is 123 cm³/mol. The zero-order valence-corrected chi connectivity index (χ0v) is 18.1. The van der Waals surface area contributed by atoms with Gasteiger partial charge in [0.1, 0.15) is 17.4 Å². The summed E-state index contributed by atoms with van der Waals surface area (Å²) in [6.07, 6.45) is 4.74. The van der Waals surface area contributed by atoms with Gasteiger partial charge in [-0.1, -0.05) is 17.7 Å². The van der Waals surface area contributed by atoms with E-state index in [0.29, 0.717) is 45.2 Å². The van der Waals surface area contributed by atoms with Crippen LogP contribution in [-0.2, 0) is 9.53 Å². The molecule has 0 fully saturated rings. The van der Waals surface area contributed by atoms with E-state index in [-0.39, 0.29) is 23.3 Å². The number of ether oxygens (including phenoxy) is 2. The van der Waals surface area contributed by atoms with Crippen LogP contribution >= 0.6 is 11.6 Å². The van der Waals surface area contributed by atoms with Gasteiger partial charge in [0.05, 0.1) is 40.2 Å². The van der Waals surface area contributed by atoms with E-state index in [9.17, 15) is 9.59 Å². The summed E-state index contributed by atoms with van der Waals surface area (Å²) >= 11 is 6.45. The van der Waals surface area contributed by atoms with Crippen molar-refractivity contribution in [2.75, 3.05) is 24.4 Å². The Balaban J connectivity index is 1.50. The first-order valence-electron chi connectivity index (χ1n) is 10.0. The summed E-state index contributed by atoms with van der Waals surface area (Å²) < 4.78 is 10.8. The van der Waals surface area contributed by atoms with E-state index >= 15 is 0 Å². The molecule has 4 aromatic rings. The molecule has 1 atom stereocenters. The summed E-state index contributed by atoms with van der Waals surface area (Å²) in [6, 6.07) is 9.54. The lowest BCUT2D eigenvalue weighted by Crippen LogP contribution is -2.42. The van der Waals surface area contributed by atoms with E-state index in [1.807, 2.05) is 0 Å². The Morgan fingerprint density at radius 2 is 2.06 bits per heavy atom. The molecule has 9 nitrogen and oxygen atoms in total. The van der Waals surface area contributed by atoms with Crippen molar-refractivity contribution >= 4 is 45.7 Å². The molecule has 10 heteroatoms. The summed E-state index contributed by atoms with van der Waals surface area (Å²) in [5.41, 5.74) is 2.26. The number of halogens is 1. The van der Waals surface area contributed by atoms with Crippen LogP contribution < -0.4 is 15.4 Å². The van der Waals surface area contributed by atoms with Crippen LogP contribution in [0.3, 0.4) is 0 Å². The Labute approximate surface area is 193 Å². The van der Waals surface area contributed by atoms with Crippen molar-refractivity contribution in [3.8, 4) is 11.6 Å². The lowest BCUT2D eigenvalue weighted by molar-refractivity contribution is -0.118. The number of pyridine rings is 2. The van der Waals surface area contributed by atoms with E-state index < -0.39 is 6.04 Å². The molecule has 0 spiro atoms. The first-order chi connectivity index (χ1) is 16.0. The molecule has 0 saturated carbocycles. The Kier molecular flexibility index (Phi) is 5.41. The number of methoxy groups -OCH3 is 1. The number of fused-ring (bicyclic) bond motifs is 3. The van der Waals surface area contributed by atoms with Gasteiger partial charge in [-0.15, -0.1) is 0 Å². The maximum absolute atomic E-state index is 13.4. The number of amides is 1. The smallest absolute Gasteiger partial charge is 0.249 e. The van der Waals surface area contributed by atoms with Crippen molar-refractivity contribution in [1.82, 2.24) is 15.0 Å². The average molecular weight is 464 g/mol. The number of aromatic nitrogens is 3. The first kappa shape index (κ1) is 20.9. The highest BCUT2D eigenvalue weighted by atomic mass is 35.5. The average Bonchev–Trinajstić information content (AvgIpc) is 3.25. The van der Waals surface area contributed by atoms with Gasteiger partial charge < -0.3 is 25.1 Å². The molecule has 0 saturated heterocycles. The molecular weight excluding hydrogens is 446 g/mol. The van der Waals surface area contributed by atoms with Crippen molar-refractivity contribution in [1.29, 1.82) is 0 Å². The molecule has 1 aliphatic heterocycles. The minimum Gasteiger partial charge on any atom is -0.439 e. The van der Waals surface area contributed by atoms with E-state index in [2.05, 4.69) is 25.6 Å².